The fourth-order valence-electron chi connectivity index (χ4n) is 4.26. The Morgan fingerprint density at radius 1 is 0.947 bits per heavy atom. The highest BCUT2D eigenvalue weighted by Crippen LogP contribution is 2.42. The molecule has 0 aliphatic rings. The van der Waals surface area contributed by atoms with E-state index in [-0.39, 0.29) is 39.9 Å². The van der Waals surface area contributed by atoms with E-state index >= 15 is 0 Å². The number of nitrogens with zero attached hydrogens (tertiary/aromatic N) is 1. The summed E-state index contributed by atoms with van der Waals surface area (Å²) in [5.74, 6) is -0.171. The maximum atomic E-state index is 13.9. The van der Waals surface area contributed by atoms with Crippen molar-refractivity contribution in [3.63, 3.8) is 0 Å². The van der Waals surface area contributed by atoms with E-state index in [1.807, 2.05) is 74.5 Å². The van der Waals surface area contributed by atoms with E-state index in [2.05, 4.69) is 47.7 Å². The van der Waals surface area contributed by atoms with Crippen LogP contribution < -0.4 is 0 Å². The lowest BCUT2D eigenvalue weighted by Crippen LogP contribution is -2.48. The summed E-state index contributed by atoms with van der Waals surface area (Å²) >= 11 is 1.24. The van der Waals surface area contributed by atoms with Crippen molar-refractivity contribution in [3.8, 4) is 0 Å². The average Bonchev–Trinajstić information content (AvgIpc) is 2.83. The molecule has 0 aromatic heterocycles. The molecule has 212 valence electrons. The predicted molar refractivity (Wildman–Crippen MR) is 164 cm³/mol. The van der Waals surface area contributed by atoms with Crippen molar-refractivity contribution >= 4 is 35.2 Å². The molecule has 2 aromatic rings. The number of hydrogen-bond acceptors (Lipinski definition) is 5. The first-order valence-electron chi connectivity index (χ1n) is 13.4. The van der Waals surface area contributed by atoms with Crippen LogP contribution in [0.1, 0.15) is 64.8 Å². The quantitative estimate of drug-likeness (QED) is 0.244. The van der Waals surface area contributed by atoms with Crippen molar-refractivity contribution in [3.05, 3.63) is 71.8 Å². The third kappa shape index (κ3) is 8.78. The van der Waals surface area contributed by atoms with Gasteiger partial charge in [0.2, 0.25) is 10.0 Å². The lowest BCUT2D eigenvalue weighted by molar-refractivity contribution is -0.117. The normalized spacial score (nSPS) is 16.3. The minimum Gasteiger partial charge on any atom is -0.413 e. The van der Waals surface area contributed by atoms with Crippen molar-refractivity contribution in [1.29, 1.82) is 0 Å². The van der Waals surface area contributed by atoms with Gasteiger partial charge in [0.05, 0.1) is 23.5 Å². The Bertz CT molecular complexity index is 1130. The van der Waals surface area contributed by atoms with Crippen LogP contribution in [0.3, 0.4) is 0 Å². The Hall–Kier alpha value is -1.45. The molecule has 0 amide bonds. The van der Waals surface area contributed by atoms with Gasteiger partial charge in [0, 0.05) is 12.6 Å². The summed E-state index contributed by atoms with van der Waals surface area (Å²) in [5, 5.41) is -0.313. The molecule has 0 bridgehead atoms. The molecule has 0 N–H and O–H groups in total. The van der Waals surface area contributed by atoms with Gasteiger partial charge in [-0.15, -0.1) is 0 Å². The summed E-state index contributed by atoms with van der Waals surface area (Å²) in [6, 6.07) is 18.9. The van der Waals surface area contributed by atoms with Crippen LogP contribution in [-0.4, -0.2) is 44.6 Å². The lowest BCUT2D eigenvalue weighted by atomic mass is 9.96. The molecule has 4 atom stereocenters. The average molecular weight is 578 g/mol. The molecule has 0 radical (unpaired) electrons. The second-order valence-corrected chi connectivity index (χ2v) is 20.0. The van der Waals surface area contributed by atoms with E-state index in [1.165, 1.54) is 22.3 Å². The largest absolute Gasteiger partial charge is 0.413 e. The maximum absolute atomic E-state index is 13.9. The standard InChI is InChI=1S/C30H47NO4S2Si/c1-22(2)27(35-38(9,10)30(5,6)7)23(3)29(32)36-28(26-19-15-12-16-20-26)24(4)31(37(8,33)34)21-25-17-13-11-14-18-25/h11-20,22-24,27-28H,21H2,1-10H3/t23-,24+,27-,28+/m0/s1. The van der Waals surface area contributed by atoms with Crippen LogP contribution >= 0.6 is 11.8 Å². The van der Waals surface area contributed by atoms with E-state index < -0.39 is 24.4 Å². The van der Waals surface area contributed by atoms with E-state index in [0.29, 0.717) is 0 Å². The molecule has 8 heteroatoms. The van der Waals surface area contributed by atoms with Crippen LogP contribution in [0.4, 0.5) is 0 Å². The fraction of sp³-hybridized carbons (Fsp3) is 0.567. The van der Waals surface area contributed by atoms with Gasteiger partial charge in [0.15, 0.2) is 13.4 Å². The Morgan fingerprint density at radius 2 is 1.45 bits per heavy atom. The molecular weight excluding hydrogens is 531 g/mol. The minimum atomic E-state index is -3.55. The van der Waals surface area contributed by atoms with Crippen molar-refractivity contribution < 1.29 is 17.6 Å². The zero-order valence-corrected chi connectivity index (χ0v) is 27.4. The van der Waals surface area contributed by atoms with E-state index in [1.54, 1.807) is 0 Å². The smallest absolute Gasteiger partial charge is 0.211 e. The Balaban J connectivity index is 2.41. The topological polar surface area (TPSA) is 63.7 Å². The Labute approximate surface area is 236 Å². The van der Waals surface area contributed by atoms with Crippen LogP contribution in [0, 0.1) is 11.8 Å². The van der Waals surface area contributed by atoms with Crippen molar-refractivity contribution in [2.75, 3.05) is 6.26 Å². The first-order valence-corrected chi connectivity index (χ1v) is 19.0. The van der Waals surface area contributed by atoms with Crippen LogP contribution in [0.2, 0.25) is 18.1 Å². The van der Waals surface area contributed by atoms with Crippen LogP contribution in [-0.2, 0) is 25.8 Å². The monoisotopic (exact) mass is 577 g/mol. The molecule has 0 fully saturated rings. The van der Waals surface area contributed by atoms with E-state index in [0.717, 1.165) is 11.1 Å². The maximum Gasteiger partial charge on any atom is 0.211 e. The zero-order chi connectivity index (χ0) is 28.9. The number of rotatable bonds is 12. The van der Waals surface area contributed by atoms with Gasteiger partial charge in [-0.25, -0.2) is 8.42 Å². The number of sulfonamides is 1. The molecule has 0 heterocycles. The summed E-state index contributed by atoms with van der Waals surface area (Å²) in [7, 11) is -5.65. The molecule has 38 heavy (non-hydrogen) atoms. The van der Waals surface area contributed by atoms with Crippen molar-refractivity contribution in [2.24, 2.45) is 11.8 Å². The van der Waals surface area contributed by atoms with Gasteiger partial charge < -0.3 is 4.43 Å². The summed E-state index contributed by atoms with van der Waals surface area (Å²) < 4.78 is 34.3. The molecule has 0 saturated heterocycles. The van der Waals surface area contributed by atoms with Gasteiger partial charge in [-0.2, -0.15) is 4.31 Å². The molecule has 0 aliphatic heterocycles. The first-order chi connectivity index (χ1) is 17.5. The second-order valence-electron chi connectivity index (χ2n) is 12.2. The second kappa shape index (κ2) is 13.3. The SMILES string of the molecule is CC(C)[C@H](O[Si](C)(C)C(C)(C)C)[C@H](C)C(=O)S[C@@H](c1ccccc1)[C@@H](C)N(Cc1ccccc1)S(C)(=O)=O. The Morgan fingerprint density at radius 3 is 1.89 bits per heavy atom. The molecular formula is C30H47NO4S2Si. The highest BCUT2D eigenvalue weighted by Gasteiger charge is 2.43. The molecule has 0 aliphatic carbocycles. The van der Waals surface area contributed by atoms with E-state index in [9.17, 15) is 13.2 Å². The van der Waals surface area contributed by atoms with Crippen LogP contribution in [0.5, 0.6) is 0 Å². The third-order valence-corrected chi connectivity index (χ3v) is 14.9. The van der Waals surface area contributed by atoms with Gasteiger partial charge >= 0.3 is 0 Å². The summed E-state index contributed by atoms with van der Waals surface area (Å²) in [6.07, 6.45) is 1.03. The number of carbonyl (C=O) groups excluding carboxylic acids is 1. The lowest BCUT2D eigenvalue weighted by Gasteiger charge is -2.42. The van der Waals surface area contributed by atoms with Crippen LogP contribution in [0.15, 0.2) is 60.7 Å². The number of thioether (sulfide) groups is 1. The van der Waals surface area contributed by atoms with Gasteiger partial charge in [-0.3, -0.25) is 4.79 Å². The molecule has 0 spiro atoms. The first kappa shape index (κ1) is 32.8. The number of carbonyl (C=O) groups is 1. The van der Waals surface area contributed by atoms with Gasteiger partial charge in [-0.05, 0) is 42.1 Å². The summed E-state index contributed by atoms with van der Waals surface area (Å²) in [4.78, 5) is 13.9. The van der Waals surface area contributed by atoms with Gasteiger partial charge in [0.25, 0.3) is 0 Å². The van der Waals surface area contributed by atoms with Crippen LogP contribution in [0.25, 0.3) is 0 Å². The molecule has 0 saturated carbocycles. The fourth-order valence-corrected chi connectivity index (χ4v) is 8.20. The third-order valence-electron chi connectivity index (χ3n) is 7.63. The Kier molecular flexibility index (Phi) is 11.4. The molecule has 5 nitrogen and oxygen atoms in total. The zero-order valence-electron chi connectivity index (χ0n) is 24.8. The minimum absolute atomic E-state index is 0.0243. The van der Waals surface area contributed by atoms with Crippen molar-refractivity contribution in [2.45, 2.75) is 90.5 Å². The molecule has 2 aromatic carbocycles. The predicted octanol–water partition coefficient (Wildman–Crippen LogP) is 7.52. The molecule has 0 unspecified atom stereocenters. The summed E-state index contributed by atoms with van der Waals surface area (Å²) in [5.41, 5.74) is 1.84. The molecule has 2 rings (SSSR count). The van der Waals surface area contributed by atoms with Gasteiger partial charge in [0.1, 0.15) is 0 Å². The highest BCUT2D eigenvalue weighted by molar-refractivity contribution is 8.13. The van der Waals surface area contributed by atoms with Gasteiger partial charge in [-0.1, -0.05) is 114 Å². The number of hydrogen-bond donors (Lipinski definition) is 0. The number of benzene rings is 2. The van der Waals surface area contributed by atoms with Crippen molar-refractivity contribution in [1.82, 2.24) is 4.31 Å². The highest BCUT2D eigenvalue weighted by atomic mass is 32.2. The van der Waals surface area contributed by atoms with E-state index in [4.69, 9.17) is 4.43 Å². The summed E-state index contributed by atoms with van der Waals surface area (Å²) in [6.45, 7) is 19.4.